The second-order valence-electron chi connectivity index (χ2n) is 8.12. The van der Waals surface area contributed by atoms with E-state index in [0.717, 1.165) is 51.6 Å². The maximum Gasteiger partial charge on any atom is 0.259 e. The van der Waals surface area contributed by atoms with Crippen LogP contribution >= 0.6 is 0 Å². The highest BCUT2D eigenvalue weighted by Gasteiger charge is 2.28. The van der Waals surface area contributed by atoms with Gasteiger partial charge in [-0.2, -0.15) is 0 Å². The molecule has 1 aliphatic heterocycles. The standard InChI is InChI=1S/C20H29N3O2S/c1-23-10-8-16(9-11-23)26(21,25)22-20(24)13-19-17-6-2-4-14(17)12-15-5-3-7-18(15)19/h12,16H,2-11,13H2,1H3,(H2,21,22,24,25). The number of hydrogen-bond donors (Lipinski definition) is 1. The third kappa shape index (κ3) is 3.47. The molecule has 1 atom stereocenters. The van der Waals surface area contributed by atoms with Gasteiger partial charge in [0.15, 0.2) is 0 Å². The summed E-state index contributed by atoms with van der Waals surface area (Å²) in [6, 6.07) is 2.36. The third-order valence-electron chi connectivity index (χ3n) is 6.31. The monoisotopic (exact) mass is 375 g/mol. The minimum absolute atomic E-state index is 0.171. The molecule has 3 aliphatic rings. The van der Waals surface area contributed by atoms with Crippen LogP contribution in [0, 0.1) is 0 Å². The summed E-state index contributed by atoms with van der Waals surface area (Å²) in [5, 5.41) is 5.87. The molecule has 0 spiro atoms. The summed E-state index contributed by atoms with van der Waals surface area (Å²) in [5.74, 6) is -0.300. The van der Waals surface area contributed by atoms with Gasteiger partial charge in [0.05, 0.1) is 11.7 Å². The van der Waals surface area contributed by atoms with Gasteiger partial charge in [-0.15, -0.1) is 4.36 Å². The van der Waals surface area contributed by atoms with E-state index in [1.807, 2.05) is 7.05 Å². The van der Waals surface area contributed by atoms with Crippen molar-refractivity contribution in [3.63, 3.8) is 0 Å². The maximum absolute atomic E-state index is 12.9. The van der Waals surface area contributed by atoms with Crippen LogP contribution in [0.3, 0.4) is 0 Å². The van der Waals surface area contributed by atoms with Crippen LogP contribution in [-0.4, -0.2) is 40.4 Å². The Labute approximate surface area is 156 Å². The zero-order valence-electron chi connectivity index (χ0n) is 15.6. The lowest BCUT2D eigenvalue weighted by atomic mass is 9.92. The van der Waals surface area contributed by atoms with Gasteiger partial charge in [0.1, 0.15) is 9.92 Å². The number of piperidine rings is 1. The summed E-state index contributed by atoms with van der Waals surface area (Å²) < 4.78 is 16.9. The van der Waals surface area contributed by atoms with E-state index in [4.69, 9.17) is 5.14 Å². The molecule has 0 radical (unpaired) electrons. The molecule has 2 N–H and O–H groups in total. The molecule has 1 aromatic rings. The molecular formula is C20H29N3O2S. The van der Waals surface area contributed by atoms with Crippen LogP contribution in [0.1, 0.15) is 53.5 Å². The minimum atomic E-state index is -2.96. The highest BCUT2D eigenvalue weighted by Crippen LogP contribution is 2.35. The number of carbonyl (C=O) groups excluding carboxylic acids is 1. The summed E-state index contributed by atoms with van der Waals surface area (Å²) in [6.45, 7) is 1.73. The fraction of sp³-hybridized carbons (Fsp3) is 0.650. The molecule has 26 heavy (non-hydrogen) atoms. The number of carbonyl (C=O) groups is 1. The van der Waals surface area contributed by atoms with Crippen molar-refractivity contribution in [2.45, 2.75) is 63.0 Å². The number of likely N-dealkylation sites (tertiary alicyclic amines) is 1. The Hall–Kier alpha value is -1.24. The normalized spacial score (nSPS) is 22.7. The van der Waals surface area contributed by atoms with Crippen molar-refractivity contribution in [2.75, 3.05) is 20.1 Å². The number of rotatable bonds is 3. The Balaban J connectivity index is 1.58. The van der Waals surface area contributed by atoms with E-state index in [-0.39, 0.29) is 17.6 Å². The molecule has 0 bridgehead atoms. The Morgan fingerprint density at radius 3 is 2.31 bits per heavy atom. The third-order valence-corrected chi connectivity index (χ3v) is 8.23. The molecule has 1 amide bonds. The topological polar surface area (TPSA) is 75.8 Å². The van der Waals surface area contributed by atoms with Crippen LogP contribution < -0.4 is 5.14 Å². The fourth-order valence-electron chi connectivity index (χ4n) is 4.89. The van der Waals surface area contributed by atoms with Gasteiger partial charge >= 0.3 is 0 Å². The Morgan fingerprint density at radius 1 is 1.15 bits per heavy atom. The second-order valence-corrected chi connectivity index (χ2v) is 10.2. The number of aryl methyl sites for hydroxylation is 2. The number of fused-ring (bicyclic) bond motifs is 2. The molecule has 1 aromatic carbocycles. The number of nitrogens with two attached hydrogens (primary N) is 1. The molecular weight excluding hydrogens is 346 g/mol. The molecule has 6 heteroatoms. The van der Waals surface area contributed by atoms with Crippen molar-refractivity contribution in [2.24, 2.45) is 9.50 Å². The zero-order valence-corrected chi connectivity index (χ0v) is 16.4. The van der Waals surface area contributed by atoms with Crippen molar-refractivity contribution in [3.05, 3.63) is 33.9 Å². The highest BCUT2D eigenvalue weighted by atomic mass is 32.2. The zero-order chi connectivity index (χ0) is 18.3. The van der Waals surface area contributed by atoms with Gasteiger partial charge in [-0.3, -0.25) is 4.79 Å². The van der Waals surface area contributed by atoms with Gasteiger partial charge in [0.25, 0.3) is 5.91 Å². The maximum atomic E-state index is 12.9. The molecule has 1 saturated heterocycles. The van der Waals surface area contributed by atoms with E-state index in [1.165, 1.54) is 40.7 Å². The summed E-state index contributed by atoms with van der Waals surface area (Å²) in [6.07, 6.45) is 8.44. The first-order valence-electron chi connectivity index (χ1n) is 9.84. The van der Waals surface area contributed by atoms with Crippen LogP contribution in [0.15, 0.2) is 10.4 Å². The second kappa shape index (κ2) is 7.06. The summed E-state index contributed by atoms with van der Waals surface area (Å²) in [5.41, 5.74) is 6.73. The van der Waals surface area contributed by atoms with Crippen molar-refractivity contribution in [1.82, 2.24) is 4.90 Å². The van der Waals surface area contributed by atoms with Crippen LogP contribution in [0.2, 0.25) is 0 Å². The Bertz CT molecular complexity index is 815. The van der Waals surface area contributed by atoms with E-state index in [1.54, 1.807) is 0 Å². The molecule has 1 unspecified atom stereocenters. The number of hydrogen-bond acceptors (Lipinski definition) is 3. The first-order valence-corrected chi connectivity index (χ1v) is 11.5. The van der Waals surface area contributed by atoms with Crippen LogP contribution in [0.5, 0.6) is 0 Å². The lowest BCUT2D eigenvalue weighted by Gasteiger charge is -2.29. The van der Waals surface area contributed by atoms with Gasteiger partial charge in [-0.05, 0) is 99.3 Å². The molecule has 4 rings (SSSR count). The summed E-state index contributed by atoms with van der Waals surface area (Å²) in [4.78, 5) is 14.9. The van der Waals surface area contributed by atoms with Gasteiger partial charge in [0.2, 0.25) is 0 Å². The van der Waals surface area contributed by atoms with E-state index in [2.05, 4.69) is 15.3 Å². The smallest absolute Gasteiger partial charge is 0.259 e. The predicted molar refractivity (Wildman–Crippen MR) is 104 cm³/mol. The number of benzene rings is 1. The van der Waals surface area contributed by atoms with Gasteiger partial charge in [-0.1, -0.05) is 6.07 Å². The van der Waals surface area contributed by atoms with E-state index >= 15 is 0 Å². The van der Waals surface area contributed by atoms with Crippen LogP contribution in [0.25, 0.3) is 0 Å². The molecule has 0 aromatic heterocycles. The van der Waals surface area contributed by atoms with Crippen molar-refractivity contribution < 1.29 is 9.00 Å². The number of nitrogens with zero attached hydrogens (tertiary/aromatic N) is 2. The molecule has 2 aliphatic carbocycles. The Morgan fingerprint density at radius 2 is 1.73 bits per heavy atom. The van der Waals surface area contributed by atoms with Gasteiger partial charge in [-0.25, -0.2) is 9.35 Å². The Kier molecular flexibility index (Phi) is 4.92. The minimum Gasteiger partial charge on any atom is -0.306 e. The molecule has 0 saturated carbocycles. The average Bonchev–Trinajstić information content (AvgIpc) is 3.23. The first-order chi connectivity index (χ1) is 12.4. The van der Waals surface area contributed by atoms with Crippen molar-refractivity contribution in [3.8, 4) is 0 Å². The number of amides is 1. The largest absolute Gasteiger partial charge is 0.306 e. The SMILES string of the molecule is CN1CCC(S(N)(=O)=NC(=O)Cc2c3c(cc4c2CCC4)CCC3)CC1. The quantitative estimate of drug-likeness (QED) is 0.880. The lowest BCUT2D eigenvalue weighted by molar-refractivity contribution is -0.117. The van der Waals surface area contributed by atoms with Crippen molar-refractivity contribution >= 4 is 15.8 Å². The lowest BCUT2D eigenvalue weighted by Crippen LogP contribution is -2.40. The van der Waals surface area contributed by atoms with Crippen molar-refractivity contribution in [1.29, 1.82) is 0 Å². The summed E-state index contributed by atoms with van der Waals surface area (Å²) in [7, 11) is -0.906. The fourth-order valence-corrected chi connectivity index (χ4v) is 6.31. The van der Waals surface area contributed by atoms with Gasteiger partial charge < -0.3 is 4.90 Å². The van der Waals surface area contributed by atoms with Crippen LogP contribution in [0.4, 0.5) is 0 Å². The first kappa shape index (κ1) is 18.1. The van der Waals surface area contributed by atoms with Crippen LogP contribution in [-0.2, 0) is 46.8 Å². The predicted octanol–water partition coefficient (Wildman–Crippen LogP) is 2.17. The molecule has 142 valence electrons. The summed E-state index contributed by atoms with van der Waals surface area (Å²) >= 11 is 0. The highest BCUT2D eigenvalue weighted by molar-refractivity contribution is 7.92. The molecule has 1 heterocycles. The van der Waals surface area contributed by atoms with Gasteiger partial charge in [0, 0.05) is 0 Å². The average molecular weight is 376 g/mol. The van der Waals surface area contributed by atoms with E-state index in [9.17, 15) is 9.00 Å². The van der Waals surface area contributed by atoms with E-state index in [0.29, 0.717) is 0 Å². The molecule has 5 nitrogen and oxygen atoms in total. The molecule has 1 fully saturated rings. The van der Waals surface area contributed by atoms with E-state index < -0.39 is 9.92 Å².